The molecular weight excluding hydrogens is 274 g/mol. The maximum Gasteiger partial charge on any atom is 0.271 e. The minimum atomic E-state index is -0.316. The normalized spacial score (nSPS) is 10.1. The molecule has 18 heavy (non-hydrogen) atoms. The molecule has 0 atom stereocenters. The molecule has 0 spiro atoms. The second-order valence-electron chi connectivity index (χ2n) is 3.32. The number of hydrogen-bond acceptors (Lipinski definition) is 6. The first-order valence-electron chi connectivity index (χ1n) is 5.00. The van der Waals surface area contributed by atoms with Crippen molar-refractivity contribution in [3.05, 3.63) is 39.4 Å². The van der Waals surface area contributed by atoms with Gasteiger partial charge < -0.3 is 10.7 Å². The topological polar surface area (TPSA) is 92.9 Å². The molecule has 0 aromatic carbocycles. The lowest BCUT2D eigenvalue weighted by atomic mass is 10.4. The number of carbonyl (C=O) groups excluding carboxylic acids is 1. The Morgan fingerprint density at radius 2 is 2.28 bits per heavy atom. The molecule has 2 heterocycles. The van der Waals surface area contributed by atoms with Crippen LogP contribution in [0.5, 0.6) is 0 Å². The molecule has 0 bridgehead atoms. The highest BCUT2D eigenvalue weighted by molar-refractivity contribution is 7.16. The third kappa shape index (κ3) is 3.16. The lowest BCUT2D eigenvalue weighted by molar-refractivity contribution is 0.0946. The first kappa shape index (κ1) is 12.7. The van der Waals surface area contributed by atoms with Gasteiger partial charge in [-0.2, -0.15) is 0 Å². The Labute approximate surface area is 112 Å². The number of anilines is 1. The third-order valence-electron chi connectivity index (χ3n) is 2.07. The zero-order valence-corrected chi connectivity index (χ0v) is 10.8. The van der Waals surface area contributed by atoms with Gasteiger partial charge in [-0.15, -0.1) is 11.3 Å². The van der Waals surface area contributed by atoms with Crippen molar-refractivity contribution >= 4 is 34.7 Å². The van der Waals surface area contributed by atoms with Crippen LogP contribution in [0.25, 0.3) is 0 Å². The molecule has 2 rings (SSSR count). The summed E-state index contributed by atoms with van der Waals surface area (Å²) in [6, 6.07) is 3.64. The zero-order valence-electron chi connectivity index (χ0n) is 9.18. The molecule has 0 aliphatic carbocycles. The zero-order chi connectivity index (χ0) is 13.0. The molecule has 2 aromatic rings. The van der Waals surface area contributed by atoms with Gasteiger partial charge in [0.2, 0.25) is 0 Å². The van der Waals surface area contributed by atoms with Gasteiger partial charge >= 0.3 is 0 Å². The smallest absolute Gasteiger partial charge is 0.271 e. The van der Waals surface area contributed by atoms with Gasteiger partial charge in [-0.3, -0.25) is 9.78 Å². The van der Waals surface area contributed by atoms with E-state index < -0.39 is 0 Å². The van der Waals surface area contributed by atoms with Crippen molar-refractivity contribution in [3.8, 4) is 0 Å². The van der Waals surface area contributed by atoms with Gasteiger partial charge in [0, 0.05) is 4.88 Å². The quantitative estimate of drug-likeness (QED) is 0.583. The highest BCUT2D eigenvalue weighted by atomic mass is 35.5. The lowest BCUT2D eigenvalue weighted by Gasteiger charge is -2.04. The molecule has 0 fully saturated rings. The molecule has 0 unspecified atom stereocenters. The number of hydrazine groups is 1. The van der Waals surface area contributed by atoms with Crippen molar-refractivity contribution in [3.63, 3.8) is 0 Å². The second-order valence-corrected chi connectivity index (χ2v) is 5.12. The minimum absolute atomic E-state index is 0.202. The molecule has 4 N–H and O–H groups in total. The molecule has 0 radical (unpaired) electrons. The Morgan fingerprint density at radius 1 is 1.44 bits per heavy atom. The first-order valence-corrected chi connectivity index (χ1v) is 6.19. The third-order valence-corrected chi connectivity index (χ3v) is 3.30. The number of hydrogen-bond donors (Lipinski definition) is 3. The molecule has 1 amide bonds. The molecule has 0 saturated heterocycles. The van der Waals surface area contributed by atoms with Crippen LogP contribution in [-0.2, 0) is 6.54 Å². The summed E-state index contributed by atoms with van der Waals surface area (Å²) in [5.41, 5.74) is 2.53. The van der Waals surface area contributed by atoms with Crippen molar-refractivity contribution in [1.82, 2.24) is 15.3 Å². The molecule has 8 heteroatoms. The Balaban J connectivity index is 1.99. The number of nitrogens with one attached hydrogen (secondary N) is 2. The summed E-state index contributed by atoms with van der Waals surface area (Å²) in [7, 11) is 0. The molecule has 0 aliphatic rings. The summed E-state index contributed by atoms with van der Waals surface area (Å²) in [6.45, 7) is 0.401. The maximum atomic E-state index is 11.8. The second kappa shape index (κ2) is 5.76. The van der Waals surface area contributed by atoms with Gasteiger partial charge in [-0.25, -0.2) is 10.8 Å². The average Bonchev–Trinajstić information content (AvgIpc) is 2.82. The SMILES string of the molecule is NNc1cncc(C(=O)NCc2ccc(Cl)s2)n1. The van der Waals surface area contributed by atoms with E-state index >= 15 is 0 Å². The largest absolute Gasteiger partial charge is 0.346 e. The maximum absolute atomic E-state index is 11.8. The number of nitrogens with zero attached hydrogens (tertiary/aromatic N) is 2. The molecule has 0 aliphatic heterocycles. The molecule has 2 aromatic heterocycles. The fraction of sp³-hybridized carbons (Fsp3) is 0.100. The highest BCUT2D eigenvalue weighted by Gasteiger charge is 2.08. The van der Waals surface area contributed by atoms with E-state index in [-0.39, 0.29) is 11.6 Å². The van der Waals surface area contributed by atoms with E-state index in [1.807, 2.05) is 6.07 Å². The fourth-order valence-corrected chi connectivity index (χ4v) is 2.28. The van der Waals surface area contributed by atoms with Crippen LogP contribution in [0.2, 0.25) is 4.34 Å². The van der Waals surface area contributed by atoms with Gasteiger partial charge in [0.1, 0.15) is 5.69 Å². The standard InChI is InChI=1S/C10H10ClN5OS/c11-8-2-1-6(18-8)3-14-10(17)7-4-13-5-9(15-7)16-12/h1-2,4-5H,3,12H2,(H,14,17)(H,15,16). The summed E-state index contributed by atoms with van der Waals surface area (Å²) >= 11 is 7.21. The summed E-state index contributed by atoms with van der Waals surface area (Å²) in [5, 5.41) is 2.72. The average molecular weight is 284 g/mol. The summed E-state index contributed by atoms with van der Waals surface area (Å²) in [5.74, 6) is 5.21. The van der Waals surface area contributed by atoms with Crippen molar-refractivity contribution in [2.24, 2.45) is 5.84 Å². The van der Waals surface area contributed by atoms with E-state index in [0.717, 1.165) is 4.88 Å². The predicted molar refractivity (Wildman–Crippen MR) is 70.3 cm³/mol. The van der Waals surface area contributed by atoms with Crippen molar-refractivity contribution < 1.29 is 4.79 Å². The monoisotopic (exact) mass is 283 g/mol. The van der Waals surface area contributed by atoms with Gasteiger partial charge in [-0.1, -0.05) is 11.6 Å². The van der Waals surface area contributed by atoms with Crippen molar-refractivity contribution in [2.45, 2.75) is 6.54 Å². The van der Waals surface area contributed by atoms with Crippen LogP contribution in [0.3, 0.4) is 0 Å². The number of nitrogen functional groups attached to an aromatic ring is 1. The number of rotatable bonds is 4. The molecular formula is C10H10ClN5OS. The Kier molecular flexibility index (Phi) is 4.08. The Morgan fingerprint density at radius 3 is 2.94 bits per heavy atom. The lowest BCUT2D eigenvalue weighted by Crippen LogP contribution is -2.24. The summed E-state index contributed by atoms with van der Waals surface area (Å²) < 4.78 is 0.688. The molecule has 94 valence electrons. The number of aromatic nitrogens is 2. The molecule has 0 saturated carbocycles. The number of amides is 1. The number of halogens is 1. The van der Waals surface area contributed by atoms with E-state index in [2.05, 4.69) is 20.7 Å². The van der Waals surface area contributed by atoms with Crippen LogP contribution in [0.15, 0.2) is 24.5 Å². The van der Waals surface area contributed by atoms with Crippen molar-refractivity contribution in [1.29, 1.82) is 0 Å². The fourth-order valence-electron chi connectivity index (χ4n) is 1.25. The van der Waals surface area contributed by atoms with Crippen LogP contribution >= 0.6 is 22.9 Å². The number of carbonyl (C=O) groups is 1. The van der Waals surface area contributed by atoms with E-state index in [0.29, 0.717) is 16.7 Å². The van der Waals surface area contributed by atoms with Gasteiger partial charge in [0.25, 0.3) is 5.91 Å². The van der Waals surface area contributed by atoms with Crippen LogP contribution in [0.1, 0.15) is 15.4 Å². The van der Waals surface area contributed by atoms with Gasteiger partial charge in [0.15, 0.2) is 5.82 Å². The van der Waals surface area contributed by atoms with Gasteiger partial charge in [0.05, 0.1) is 23.3 Å². The first-order chi connectivity index (χ1) is 8.69. The van der Waals surface area contributed by atoms with Crippen LogP contribution in [0, 0.1) is 0 Å². The van der Waals surface area contributed by atoms with E-state index in [1.165, 1.54) is 23.7 Å². The predicted octanol–water partition coefficient (Wildman–Crippen LogP) is 1.41. The highest BCUT2D eigenvalue weighted by Crippen LogP contribution is 2.21. The van der Waals surface area contributed by atoms with Crippen LogP contribution in [-0.4, -0.2) is 15.9 Å². The number of thiophene rings is 1. The number of nitrogens with two attached hydrogens (primary N) is 1. The van der Waals surface area contributed by atoms with E-state index in [1.54, 1.807) is 6.07 Å². The Bertz CT molecular complexity index is 559. The van der Waals surface area contributed by atoms with Gasteiger partial charge in [-0.05, 0) is 12.1 Å². The van der Waals surface area contributed by atoms with Crippen LogP contribution in [0.4, 0.5) is 5.82 Å². The molecule has 6 nitrogen and oxygen atoms in total. The summed E-state index contributed by atoms with van der Waals surface area (Å²) in [6.07, 6.45) is 2.80. The van der Waals surface area contributed by atoms with E-state index in [9.17, 15) is 4.79 Å². The van der Waals surface area contributed by atoms with E-state index in [4.69, 9.17) is 17.4 Å². The van der Waals surface area contributed by atoms with Crippen molar-refractivity contribution in [2.75, 3.05) is 5.43 Å². The minimum Gasteiger partial charge on any atom is -0.346 e. The summed E-state index contributed by atoms with van der Waals surface area (Å²) in [4.78, 5) is 20.6. The van der Waals surface area contributed by atoms with Crippen LogP contribution < -0.4 is 16.6 Å². The Hall–Kier alpha value is -1.70.